The van der Waals surface area contributed by atoms with Crippen molar-refractivity contribution in [2.24, 2.45) is 5.73 Å². The zero-order chi connectivity index (χ0) is 12.3. The first-order chi connectivity index (χ1) is 7.43. The summed E-state index contributed by atoms with van der Waals surface area (Å²) in [5, 5.41) is 19.2. The Kier molecular flexibility index (Phi) is 3.97. The molecule has 0 aliphatic carbocycles. The third-order valence-corrected chi connectivity index (χ3v) is 2.86. The number of hydrogen-bond acceptors (Lipinski definition) is 4. The fourth-order valence-corrected chi connectivity index (χ4v) is 1.97. The summed E-state index contributed by atoms with van der Waals surface area (Å²) in [4.78, 5) is 20.6. The van der Waals surface area contributed by atoms with Crippen molar-refractivity contribution in [3.05, 3.63) is 38.3 Å². The van der Waals surface area contributed by atoms with Gasteiger partial charge in [-0.25, -0.2) is 0 Å². The number of benzene rings is 1. The number of carboxylic acid groups (broad SMARTS) is 1. The molecule has 0 spiro atoms. The van der Waals surface area contributed by atoms with Crippen LogP contribution in [0.5, 0.6) is 0 Å². The van der Waals surface area contributed by atoms with Crippen molar-refractivity contribution < 1.29 is 14.8 Å². The highest BCUT2D eigenvalue weighted by Gasteiger charge is 2.20. The van der Waals surface area contributed by atoms with E-state index in [4.69, 9.17) is 10.8 Å². The van der Waals surface area contributed by atoms with Gasteiger partial charge in [0.15, 0.2) is 0 Å². The second-order valence-electron chi connectivity index (χ2n) is 3.14. The maximum absolute atomic E-state index is 10.6. The van der Waals surface area contributed by atoms with E-state index < -0.39 is 16.9 Å². The first kappa shape index (κ1) is 12.6. The lowest BCUT2D eigenvalue weighted by molar-refractivity contribution is -0.385. The van der Waals surface area contributed by atoms with Crippen LogP contribution in [0.25, 0.3) is 0 Å². The Morgan fingerprint density at radius 3 is 2.75 bits per heavy atom. The van der Waals surface area contributed by atoms with E-state index >= 15 is 0 Å². The van der Waals surface area contributed by atoms with E-state index in [1.165, 1.54) is 12.1 Å². The molecule has 1 unspecified atom stereocenters. The lowest BCUT2D eigenvalue weighted by Gasteiger charge is -2.11. The van der Waals surface area contributed by atoms with Crippen LogP contribution >= 0.6 is 15.9 Å². The molecule has 1 aromatic carbocycles. The molecule has 0 aromatic heterocycles. The van der Waals surface area contributed by atoms with Gasteiger partial charge in [-0.2, -0.15) is 0 Å². The quantitative estimate of drug-likeness (QED) is 0.649. The Morgan fingerprint density at radius 1 is 1.62 bits per heavy atom. The molecule has 3 N–H and O–H groups in total. The summed E-state index contributed by atoms with van der Waals surface area (Å²) in [5.41, 5.74) is 5.92. The van der Waals surface area contributed by atoms with E-state index in [-0.39, 0.29) is 16.6 Å². The van der Waals surface area contributed by atoms with E-state index in [0.717, 1.165) is 0 Å². The second kappa shape index (κ2) is 5.04. The number of rotatable bonds is 4. The third kappa shape index (κ3) is 2.77. The van der Waals surface area contributed by atoms with Gasteiger partial charge in [-0.1, -0.05) is 12.1 Å². The van der Waals surface area contributed by atoms with E-state index in [1.807, 2.05) is 0 Å². The van der Waals surface area contributed by atoms with Gasteiger partial charge >= 0.3 is 5.97 Å². The Labute approximate surface area is 99.3 Å². The molecule has 7 heteroatoms. The number of nitrogens with zero attached hydrogens (tertiary/aromatic N) is 1. The molecule has 86 valence electrons. The fourth-order valence-electron chi connectivity index (χ4n) is 1.26. The summed E-state index contributed by atoms with van der Waals surface area (Å²) in [5.74, 6) is -1.05. The predicted octanol–water partition coefficient (Wildman–Crippen LogP) is 1.83. The summed E-state index contributed by atoms with van der Waals surface area (Å²) in [6.45, 7) is 0. The topological polar surface area (TPSA) is 106 Å². The first-order valence-corrected chi connectivity index (χ1v) is 5.13. The predicted molar refractivity (Wildman–Crippen MR) is 60.0 cm³/mol. The van der Waals surface area contributed by atoms with E-state index in [9.17, 15) is 14.9 Å². The Balaban J connectivity index is 3.10. The molecule has 0 amide bonds. The number of hydrogen-bond donors (Lipinski definition) is 2. The van der Waals surface area contributed by atoms with Crippen LogP contribution in [-0.4, -0.2) is 16.0 Å². The summed E-state index contributed by atoms with van der Waals surface area (Å²) >= 11 is 3.06. The van der Waals surface area contributed by atoms with Gasteiger partial charge in [-0.05, 0) is 21.5 Å². The standard InChI is InChI=1S/C9H9BrN2O4/c10-9-5(6(11)4-8(13)14)2-1-3-7(9)12(15)16/h1-3,6H,4,11H2,(H,13,14). The normalized spacial score (nSPS) is 12.1. The molecule has 1 rings (SSSR count). The average molecular weight is 289 g/mol. The largest absolute Gasteiger partial charge is 0.481 e. The van der Waals surface area contributed by atoms with Crippen molar-refractivity contribution in [1.82, 2.24) is 0 Å². The Bertz CT molecular complexity index is 436. The minimum atomic E-state index is -1.05. The summed E-state index contributed by atoms with van der Waals surface area (Å²) in [6, 6.07) is 3.58. The number of nitrogens with two attached hydrogens (primary N) is 1. The summed E-state index contributed by atoms with van der Waals surface area (Å²) < 4.78 is 0.230. The van der Waals surface area contributed by atoms with Gasteiger partial charge in [0.2, 0.25) is 0 Å². The Morgan fingerprint density at radius 2 is 2.25 bits per heavy atom. The maximum atomic E-state index is 10.6. The van der Waals surface area contributed by atoms with Gasteiger partial charge in [0.1, 0.15) is 0 Å². The van der Waals surface area contributed by atoms with E-state index in [0.29, 0.717) is 5.56 Å². The van der Waals surface area contributed by atoms with E-state index in [1.54, 1.807) is 6.07 Å². The molecule has 0 saturated heterocycles. The van der Waals surface area contributed by atoms with E-state index in [2.05, 4.69) is 15.9 Å². The highest BCUT2D eigenvalue weighted by Crippen LogP contribution is 2.32. The van der Waals surface area contributed by atoms with Crippen LogP contribution in [-0.2, 0) is 4.79 Å². The highest BCUT2D eigenvalue weighted by atomic mass is 79.9. The summed E-state index contributed by atoms with van der Waals surface area (Å²) in [7, 11) is 0. The highest BCUT2D eigenvalue weighted by molar-refractivity contribution is 9.10. The zero-order valence-corrected chi connectivity index (χ0v) is 9.68. The third-order valence-electron chi connectivity index (χ3n) is 2.00. The molecule has 0 bridgehead atoms. The number of halogens is 1. The first-order valence-electron chi connectivity index (χ1n) is 4.33. The van der Waals surface area contributed by atoms with Gasteiger partial charge in [-0.15, -0.1) is 0 Å². The van der Waals surface area contributed by atoms with Gasteiger partial charge < -0.3 is 10.8 Å². The number of carbonyl (C=O) groups is 1. The van der Waals surface area contributed by atoms with Crippen LogP contribution in [0.3, 0.4) is 0 Å². The van der Waals surface area contributed by atoms with Gasteiger partial charge in [0.25, 0.3) is 5.69 Å². The van der Waals surface area contributed by atoms with Crippen molar-refractivity contribution >= 4 is 27.6 Å². The van der Waals surface area contributed by atoms with Gasteiger partial charge in [0.05, 0.1) is 15.8 Å². The average Bonchev–Trinajstić information content (AvgIpc) is 2.16. The molecule has 0 fully saturated rings. The van der Waals surface area contributed by atoms with Crippen LogP contribution in [0, 0.1) is 10.1 Å². The molecular formula is C9H9BrN2O4. The van der Waals surface area contributed by atoms with Crippen molar-refractivity contribution in [2.75, 3.05) is 0 Å². The molecule has 0 saturated carbocycles. The van der Waals surface area contributed by atoms with Crippen LogP contribution in [0.15, 0.2) is 22.7 Å². The second-order valence-corrected chi connectivity index (χ2v) is 3.93. The van der Waals surface area contributed by atoms with Crippen LogP contribution < -0.4 is 5.73 Å². The SMILES string of the molecule is NC(CC(=O)O)c1cccc([N+](=O)[O-])c1Br. The number of carboxylic acids is 1. The van der Waals surface area contributed by atoms with Crippen LogP contribution in [0.1, 0.15) is 18.0 Å². The Hall–Kier alpha value is -1.47. The molecule has 1 aromatic rings. The zero-order valence-electron chi connectivity index (χ0n) is 8.09. The molecule has 1 atom stereocenters. The number of aliphatic carboxylic acids is 1. The molecule has 6 nitrogen and oxygen atoms in total. The maximum Gasteiger partial charge on any atom is 0.305 e. The molecule has 0 aliphatic heterocycles. The summed E-state index contributed by atoms with van der Waals surface area (Å²) in [6.07, 6.45) is -0.278. The van der Waals surface area contributed by atoms with Crippen LogP contribution in [0.4, 0.5) is 5.69 Å². The number of nitro benzene ring substituents is 1. The fraction of sp³-hybridized carbons (Fsp3) is 0.222. The monoisotopic (exact) mass is 288 g/mol. The lowest BCUT2D eigenvalue weighted by Crippen LogP contribution is -2.15. The minimum Gasteiger partial charge on any atom is -0.481 e. The van der Waals surface area contributed by atoms with Gasteiger partial charge in [-0.3, -0.25) is 14.9 Å². The molecule has 0 radical (unpaired) electrons. The van der Waals surface area contributed by atoms with Crippen molar-refractivity contribution in [3.63, 3.8) is 0 Å². The van der Waals surface area contributed by atoms with Crippen molar-refractivity contribution in [2.45, 2.75) is 12.5 Å². The molecule has 0 aliphatic rings. The molecule has 16 heavy (non-hydrogen) atoms. The van der Waals surface area contributed by atoms with Crippen molar-refractivity contribution in [1.29, 1.82) is 0 Å². The van der Waals surface area contributed by atoms with Crippen LogP contribution in [0.2, 0.25) is 0 Å². The number of nitro groups is 1. The molecule has 0 heterocycles. The smallest absolute Gasteiger partial charge is 0.305 e. The van der Waals surface area contributed by atoms with Crippen molar-refractivity contribution in [3.8, 4) is 0 Å². The minimum absolute atomic E-state index is 0.127. The lowest BCUT2D eigenvalue weighted by atomic mass is 10.0. The molecular weight excluding hydrogens is 280 g/mol. The van der Waals surface area contributed by atoms with Gasteiger partial charge in [0, 0.05) is 12.1 Å².